The van der Waals surface area contributed by atoms with E-state index >= 15 is 0 Å². The lowest BCUT2D eigenvalue weighted by Gasteiger charge is -2.55. The van der Waals surface area contributed by atoms with Crippen molar-refractivity contribution in [1.29, 1.82) is 0 Å². The van der Waals surface area contributed by atoms with Crippen LogP contribution < -0.4 is 10.3 Å². The van der Waals surface area contributed by atoms with E-state index in [-0.39, 0.29) is 16.4 Å². The zero-order chi connectivity index (χ0) is 19.2. The zero-order valence-corrected chi connectivity index (χ0v) is 16.1. The highest BCUT2D eigenvalue weighted by atomic mass is 32.2. The number of sulfonamides is 1. The maximum Gasteiger partial charge on any atom is 0.337 e. The second-order valence-electron chi connectivity index (χ2n) is 8.27. The molecule has 0 spiro atoms. The summed E-state index contributed by atoms with van der Waals surface area (Å²) in [6.07, 6.45) is 6.22. The third-order valence-electron chi connectivity index (χ3n) is 6.40. The molecular formula is C19H24N2O5S. The second kappa shape index (κ2) is 6.60. The lowest BCUT2D eigenvalue weighted by molar-refractivity contribution is -0.146. The normalized spacial score (nSPS) is 31.5. The van der Waals surface area contributed by atoms with Crippen LogP contribution in [0.25, 0.3) is 0 Å². The van der Waals surface area contributed by atoms with E-state index in [0.29, 0.717) is 17.8 Å². The fourth-order valence-corrected chi connectivity index (χ4v) is 6.42. The third kappa shape index (κ3) is 3.36. The SMILES string of the molecule is COC(=O)c1ccc(S(=O)(=O)NNC(=O)C23CC4CC(CC(C4)C2)C3)cc1. The average molecular weight is 392 g/mol. The van der Waals surface area contributed by atoms with Gasteiger partial charge in [-0.25, -0.2) is 13.2 Å². The van der Waals surface area contributed by atoms with Crippen LogP contribution in [0.3, 0.4) is 0 Å². The largest absolute Gasteiger partial charge is 0.465 e. The van der Waals surface area contributed by atoms with Crippen molar-refractivity contribution in [3.63, 3.8) is 0 Å². The van der Waals surface area contributed by atoms with Crippen LogP contribution >= 0.6 is 0 Å². The number of ether oxygens (including phenoxy) is 1. The summed E-state index contributed by atoms with van der Waals surface area (Å²) in [5.74, 6) is 1.05. The number of amides is 1. The van der Waals surface area contributed by atoms with E-state index in [0.717, 1.165) is 19.3 Å². The second-order valence-corrected chi connectivity index (χ2v) is 9.96. The molecule has 8 heteroatoms. The van der Waals surface area contributed by atoms with Gasteiger partial charge in [-0.05, 0) is 80.5 Å². The molecule has 0 unspecified atom stereocenters. The van der Waals surface area contributed by atoms with Crippen LogP contribution in [0.4, 0.5) is 0 Å². The molecule has 2 N–H and O–H groups in total. The molecule has 1 amide bonds. The van der Waals surface area contributed by atoms with Crippen LogP contribution in [-0.2, 0) is 19.6 Å². The van der Waals surface area contributed by atoms with Gasteiger partial charge in [-0.15, -0.1) is 4.83 Å². The Morgan fingerprint density at radius 2 is 1.52 bits per heavy atom. The molecule has 5 rings (SSSR count). The number of benzene rings is 1. The highest BCUT2D eigenvalue weighted by Gasteiger charge is 2.54. The third-order valence-corrected chi connectivity index (χ3v) is 7.67. The molecule has 4 saturated carbocycles. The molecule has 0 aromatic heterocycles. The standard InChI is InChI=1S/C19H24N2O5S/c1-26-17(22)15-2-4-16(5-3-15)27(24,25)21-20-18(23)19-9-12-6-13(10-19)8-14(7-12)11-19/h2-5,12-14,21H,6-11H2,1H3,(H,20,23). The molecule has 4 aliphatic carbocycles. The van der Waals surface area contributed by atoms with E-state index in [1.807, 2.05) is 0 Å². The molecule has 7 nitrogen and oxygen atoms in total. The highest BCUT2D eigenvalue weighted by molar-refractivity contribution is 7.89. The summed E-state index contributed by atoms with van der Waals surface area (Å²) >= 11 is 0. The van der Waals surface area contributed by atoms with Gasteiger partial charge in [0.1, 0.15) is 0 Å². The van der Waals surface area contributed by atoms with Gasteiger partial charge in [-0.2, -0.15) is 0 Å². The fourth-order valence-electron chi connectivity index (χ4n) is 5.58. The number of hydrogen-bond donors (Lipinski definition) is 2. The Labute approximate surface area is 158 Å². The minimum absolute atomic E-state index is 0.0269. The van der Waals surface area contributed by atoms with Crippen LogP contribution in [0.5, 0.6) is 0 Å². The summed E-state index contributed by atoms with van der Waals surface area (Å²) in [7, 11) is -2.65. The van der Waals surface area contributed by atoms with Crippen molar-refractivity contribution >= 4 is 21.9 Å². The van der Waals surface area contributed by atoms with Crippen molar-refractivity contribution in [2.24, 2.45) is 23.2 Å². The van der Waals surface area contributed by atoms with Gasteiger partial charge >= 0.3 is 5.97 Å². The number of esters is 1. The maximum absolute atomic E-state index is 12.9. The van der Waals surface area contributed by atoms with Gasteiger partial charge in [0.15, 0.2) is 0 Å². The molecule has 0 radical (unpaired) electrons. The molecule has 27 heavy (non-hydrogen) atoms. The minimum Gasteiger partial charge on any atom is -0.465 e. The lowest BCUT2D eigenvalue weighted by Crippen LogP contribution is -2.56. The first kappa shape index (κ1) is 18.4. The van der Waals surface area contributed by atoms with Crippen molar-refractivity contribution < 1.29 is 22.7 Å². The molecular weight excluding hydrogens is 368 g/mol. The fraction of sp³-hybridized carbons (Fsp3) is 0.579. The van der Waals surface area contributed by atoms with Gasteiger partial charge in [0.25, 0.3) is 10.0 Å². The van der Waals surface area contributed by atoms with Crippen LogP contribution in [0.15, 0.2) is 29.2 Å². The predicted octanol–water partition coefficient (Wildman–Crippen LogP) is 2.00. The number of carbonyl (C=O) groups is 2. The number of hydrogen-bond acceptors (Lipinski definition) is 5. The van der Waals surface area contributed by atoms with Gasteiger partial charge in [0, 0.05) is 0 Å². The van der Waals surface area contributed by atoms with Crippen LogP contribution in [0.2, 0.25) is 0 Å². The Morgan fingerprint density at radius 3 is 2.00 bits per heavy atom. The Bertz CT molecular complexity index is 827. The number of rotatable bonds is 5. The van der Waals surface area contributed by atoms with E-state index in [2.05, 4.69) is 15.0 Å². The molecule has 0 heterocycles. The first-order chi connectivity index (χ1) is 12.8. The molecule has 0 atom stereocenters. The van der Waals surface area contributed by atoms with E-state index in [1.54, 1.807) is 0 Å². The Morgan fingerprint density at radius 1 is 1.00 bits per heavy atom. The summed E-state index contributed by atoms with van der Waals surface area (Å²) in [5, 5.41) is 0. The zero-order valence-electron chi connectivity index (χ0n) is 15.2. The predicted molar refractivity (Wildman–Crippen MR) is 96.9 cm³/mol. The van der Waals surface area contributed by atoms with E-state index in [1.165, 1.54) is 50.6 Å². The van der Waals surface area contributed by atoms with E-state index in [4.69, 9.17) is 0 Å². The Kier molecular flexibility index (Phi) is 4.50. The Balaban J connectivity index is 1.43. The van der Waals surface area contributed by atoms with E-state index in [9.17, 15) is 18.0 Å². The van der Waals surface area contributed by atoms with Crippen molar-refractivity contribution in [2.75, 3.05) is 7.11 Å². The quantitative estimate of drug-likeness (QED) is 0.589. The number of methoxy groups -OCH3 is 1. The van der Waals surface area contributed by atoms with Gasteiger partial charge in [-0.1, -0.05) is 0 Å². The van der Waals surface area contributed by atoms with Crippen LogP contribution in [0, 0.1) is 23.2 Å². The van der Waals surface area contributed by atoms with Gasteiger partial charge < -0.3 is 4.74 Å². The highest BCUT2D eigenvalue weighted by Crippen LogP contribution is 2.60. The minimum atomic E-state index is -3.91. The van der Waals surface area contributed by atoms with Crippen molar-refractivity contribution in [2.45, 2.75) is 43.4 Å². The molecule has 146 valence electrons. The summed E-state index contributed by atoms with van der Waals surface area (Å²) < 4.78 is 29.5. The summed E-state index contributed by atoms with van der Waals surface area (Å²) in [6.45, 7) is 0. The number of hydrazine groups is 1. The molecule has 4 fully saturated rings. The summed E-state index contributed by atoms with van der Waals surface area (Å²) in [5.41, 5.74) is 2.29. The van der Waals surface area contributed by atoms with Crippen molar-refractivity contribution in [3.05, 3.63) is 29.8 Å². The van der Waals surface area contributed by atoms with Gasteiger partial charge in [0.05, 0.1) is 23.0 Å². The number of carbonyl (C=O) groups excluding carboxylic acids is 2. The molecule has 1 aromatic carbocycles. The molecule has 0 aliphatic heterocycles. The van der Waals surface area contributed by atoms with Gasteiger partial charge in [0.2, 0.25) is 5.91 Å². The Hall–Kier alpha value is -1.93. The van der Waals surface area contributed by atoms with Crippen molar-refractivity contribution in [3.8, 4) is 0 Å². The average Bonchev–Trinajstić information content (AvgIpc) is 2.64. The first-order valence-electron chi connectivity index (χ1n) is 9.32. The monoisotopic (exact) mass is 392 g/mol. The number of nitrogens with one attached hydrogen (secondary N) is 2. The summed E-state index contributed by atoms with van der Waals surface area (Å²) in [4.78, 5) is 26.5. The molecule has 4 aliphatic rings. The van der Waals surface area contributed by atoms with Crippen LogP contribution in [-0.4, -0.2) is 27.4 Å². The maximum atomic E-state index is 12.9. The molecule has 0 saturated heterocycles. The first-order valence-corrected chi connectivity index (χ1v) is 10.8. The lowest BCUT2D eigenvalue weighted by atomic mass is 9.49. The molecule has 4 bridgehead atoms. The van der Waals surface area contributed by atoms with E-state index < -0.39 is 21.4 Å². The summed E-state index contributed by atoms with van der Waals surface area (Å²) in [6, 6.07) is 5.37. The topological polar surface area (TPSA) is 102 Å². The smallest absolute Gasteiger partial charge is 0.337 e. The molecule has 1 aromatic rings. The van der Waals surface area contributed by atoms with Gasteiger partial charge in [-0.3, -0.25) is 10.2 Å². The van der Waals surface area contributed by atoms with Crippen molar-refractivity contribution in [1.82, 2.24) is 10.3 Å². The van der Waals surface area contributed by atoms with Crippen LogP contribution in [0.1, 0.15) is 48.9 Å².